The summed E-state index contributed by atoms with van der Waals surface area (Å²) in [5.41, 5.74) is 6.50. The lowest BCUT2D eigenvalue weighted by atomic mass is 9.83. The molecule has 0 unspecified atom stereocenters. The Bertz CT molecular complexity index is 1000. The molecule has 0 bridgehead atoms. The number of benzene rings is 2. The molecule has 1 nitrogen and oxygen atoms in total. The third-order valence-electron chi connectivity index (χ3n) is 6.15. The summed E-state index contributed by atoms with van der Waals surface area (Å²) in [4.78, 5) is 0. The van der Waals surface area contributed by atoms with Crippen LogP contribution in [0, 0.1) is 11.6 Å². The molecule has 0 radical (unpaired) electrons. The molecule has 1 aliphatic carbocycles. The van der Waals surface area contributed by atoms with Gasteiger partial charge in [0.1, 0.15) is 5.75 Å². The van der Waals surface area contributed by atoms with Crippen molar-refractivity contribution in [2.75, 3.05) is 0 Å². The number of rotatable bonds is 3. The van der Waals surface area contributed by atoms with Crippen molar-refractivity contribution in [2.24, 2.45) is 0 Å². The van der Waals surface area contributed by atoms with Crippen LogP contribution in [0.5, 0.6) is 5.75 Å². The van der Waals surface area contributed by atoms with Crippen molar-refractivity contribution in [3.63, 3.8) is 0 Å². The molecular weight excluding hydrogens is 370 g/mol. The molecule has 0 amide bonds. The zero-order valence-electron chi connectivity index (χ0n) is 17.7. The topological polar surface area (TPSA) is 20.2 Å². The van der Waals surface area contributed by atoms with Crippen molar-refractivity contribution >= 4 is 13.3 Å². The van der Waals surface area contributed by atoms with Gasteiger partial charge in [0.2, 0.25) is 0 Å². The Labute approximate surface area is 167 Å². The maximum atomic E-state index is 14.3. The molecule has 0 saturated carbocycles. The molecule has 0 aliphatic heterocycles. The van der Waals surface area contributed by atoms with E-state index >= 15 is 0 Å². The van der Waals surface area contributed by atoms with Crippen molar-refractivity contribution in [1.82, 2.24) is 0 Å². The Morgan fingerprint density at radius 2 is 1.36 bits per heavy atom. The van der Waals surface area contributed by atoms with E-state index < -0.39 is 19.7 Å². The number of allylic oxidation sites excluding steroid dienone is 4. The SMILES string of the molecule is CC1=C(C)C(c2cc(F)c(F)cc2-c2cccc([Si](C)(C)C)c2O)C(C)=C1C. The van der Waals surface area contributed by atoms with Gasteiger partial charge < -0.3 is 5.11 Å². The van der Waals surface area contributed by atoms with E-state index in [4.69, 9.17) is 0 Å². The van der Waals surface area contributed by atoms with Crippen molar-refractivity contribution in [2.45, 2.75) is 53.3 Å². The first-order valence-electron chi connectivity index (χ1n) is 9.62. The third kappa shape index (κ3) is 3.24. The second-order valence-electron chi connectivity index (χ2n) is 8.85. The maximum Gasteiger partial charge on any atom is 0.159 e. The Hall–Kier alpha value is -2.20. The van der Waals surface area contributed by atoms with Gasteiger partial charge in [-0.1, -0.05) is 49.0 Å². The van der Waals surface area contributed by atoms with Crippen molar-refractivity contribution in [1.29, 1.82) is 0 Å². The smallest absolute Gasteiger partial charge is 0.159 e. The average Bonchev–Trinajstić information content (AvgIpc) is 2.80. The van der Waals surface area contributed by atoms with Gasteiger partial charge in [0.15, 0.2) is 11.6 Å². The molecule has 0 atom stereocenters. The van der Waals surface area contributed by atoms with E-state index in [0.717, 1.165) is 16.3 Å². The number of halogens is 2. The molecule has 3 rings (SSSR count). The first kappa shape index (κ1) is 20.5. The number of para-hydroxylation sites is 1. The molecule has 2 aromatic rings. The summed E-state index contributed by atoms with van der Waals surface area (Å²) in [7, 11) is -1.80. The Morgan fingerprint density at radius 1 is 0.821 bits per heavy atom. The molecule has 4 heteroatoms. The third-order valence-corrected chi connectivity index (χ3v) is 8.17. The fraction of sp³-hybridized carbons (Fsp3) is 0.333. The summed E-state index contributed by atoms with van der Waals surface area (Å²) in [6, 6.07) is 8.16. The van der Waals surface area contributed by atoms with Crippen LogP contribution < -0.4 is 5.19 Å². The number of hydrogen-bond donors (Lipinski definition) is 1. The predicted molar refractivity (Wildman–Crippen MR) is 116 cm³/mol. The van der Waals surface area contributed by atoms with Crippen LogP contribution in [0.2, 0.25) is 19.6 Å². The van der Waals surface area contributed by atoms with Crippen molar-refractivity contribution in [3.8, 4) is 16.9 Å². The zero-order valence-corrected chi connectivity index (χ0v) is 18.7. The first-order chi connectivity index (χ1) is 12.9. The van der Waals surface area contributed by atoms with Crippen LogP contribution in [0.25, 0.3) is 11.1 Å². The number of phenolic OH excluding ortho intramolecular Hbond substituents is 1. The van der Waals surface area contributed by atoms with Gasteiger partial charge in [0.25, 0.3) is 0 Å². The van der Waals surface area contributed by atoms with Crippen LogP contribution in [-0.4, -0.2) is 13.2 Å². The molecule has 148 valence electrons. The first-order valence-corrected chi connectivity index (χ1v) is 13.1. The van der Waals surface area contributed by atoms with Gasteiger partial charge >= 0.3 is 0 Å². The molecule has 28 heavy (non-hydrogen) atoms. The van der Waals surface area contributed by atoms with E-state index in [1.165, 1.54) is 23.3 Å². The zero-order chi connectivity index (χ0) is 21.0. The average molecular weight is 399 g/mol. The van der Waals surface area contributed by atoms with Crippen LogP contribution >= 0.6 is 0 Å². The van der Waals surface area contributed by atoms with E-state index in [0.29, 0.717) is 16.7 Å². The standard InChI is InChI=1S/C24H28F2OSi/c1-13-14(2)16(4)23(15(13)3)19-12-21(26)20(25)11-18(19)17-9-8-10-22(24(17)27)28(5,6)7/h8-12,23,27H,1-7H3. The monoisotopic (exact) mass is 398 g/mol. The molecule has 0 heterocycles. The van der Waals surface area contributed by atoms with E-state index in [2.05, 4.69) is 33.5 Å². The molecule has 2 aromatic carbocycles. The summed E-state index contributed by atoms with van der Waals surface area (Å²) in [6.07, 6.45) is 0. The minimum absolute atomic E-state index is 0.111. The second-order valence-corrected chi connectivity index (χ2v) is 13.9. The van der Waals surface area contributed by atoms with E-state index in [9.17, 15) is 13.9 Å². The normalized spacial score (nSPS) is 15.8. The van der Waals surface area contributed by atoms with Gasteiger partial charge in [-0.15, -0.1) is 0 Å². The minimum Gasteiger partial charge on any atom is -0.507 e. The Morgan fingerprint density at radius 3 is 1.89 bits per heavy atom. The van der Waals surface area contributed by atoms with Gasteiger partial charge in [0, 0.05) is 11.5 Å². The van der Waals surface area contributed by atoms with Gasteiger partial charge in [0.05, 0.1) is 8.07 Å². The van der Waals surface area contributed by atoms with Crippen LogP contribution in [0.4, 0.5) is 8.78 Å². The molecule has 0 aromatic heterocycles. The molecule has 0 saturated heterocycles. The second kappa shape index (κ2) is 7.00. The predicted octanol–water partition coefficient (Wildman–Crippen LogP) is 6.65. The number of phenols is 1. The summed E-state index contributed by atoms with van der Waals surface area (Å²) in [5, 5.41) is 12.0. The summed E-state index contributed by atoms with van der Waals surface area (Å²) >= 11 is 0. The van der Waals surface area contributed by atoms with Crippen LogP contribution in [0.15, 0.2) is 52.6 Å². The molecule has 0 fully saturated rings. The molecular formula is C24H28F2OSi. The maximum absolute atomic E-state index is 14.3. The molecule has 0 spiro atoms. The molecule has 1 aliphatic rings. The highest BCUT2D eigenvalue weighted by Crippen LogP contribution is 2.47. The van der Waals surface area contributed by atoms with E-state index in [1.54, 1.807) is 6.07 Å². The van der Waals surface area contributed by atoms with Gasteiger partial charge in [-0.2, -0.15) is 0 Å². The fourth-order valence-electron chi connectivity index (χ4n) is 4.22. The van der Waals surface area contributed by atoms with Gasteiger partial charge in [-0.3, -0.25) is 0 Å². The van der Waals surface area contributed by atoms with Crippen LogP contribution in [-0.2, 0) is 0 Å². The summed E-state index contributed by atoms with van der Waals surface area (Å²) in [6.45, 7) is 14.7. The van der Waals surface area contributed by atoms with Crippen LogP contribution in [0.1, 0.15) is 39.2 Å². The minimum atomic E-state index is -1.80. The largest absolute Gasteiger partial charge is 0.507 e. The Kier molecular flexibility index (Phi) is 5.13. The fourth-order valence-corrected chi connectivity index (χ4v) is 5.66. The summed E-state index contributed by atoms with van der Waals surface area (Å²) in [5.74, 6) is -1.68. The van der Waals surface area contributed by atoms with Gasteiger partial charge in [-0.05, 0) is 67.3 Å². The molecule has 1 N–H and O–H groups in total. The highest BCUT2D eigenvalue weighted by molar-refractivity contribution is 6.89. The van der Waals surface area contributed by atoms with E-state index in [1.807, 2.05) is 26.0 Å². The summed E-state index contributed by atoms with van der Waals surface area (Å²) < 4.78 is 28.6. The van der Waals surface area contributed by atoms with Crippen molar-refractivity contribution in [3.05, 3.63) is 69.8 Å². The number of aromatic hydroxyl groups is 1. The highest BCUT2D eigenvalue weighted by Gasteiger charge is 2.30. The quantitative estimate of drug-likeness (QED) is 0.574. The van der Waals surface area contributed by atoms with Crippen LogP contribution in [0.3, 0.4) is 0 Å². The Balaban J connectivity index is 2.33. The van der Waals surface area contributed by atoms with Gasteiger partial charge in [-0.25, -0.2) is 8.78 Å². The lowest BCUT2D eigenvalue weighted by Gasteiger charge is -2.24. The number of hydrogen-bond acceptors (Lipinski definition) is 1. The lowest BCUT2D eigenvalue weighted by Crippen LogP contribution is -2.37. The van der Waals surface area contributed by atoms with E-state index in [-0.39, 0.29) is 11.7 Å². The lowest BCUT2D eigenvalue weighted by molar-refractivity contribution is 0.480. The van der Waals surface area contributed by atoms with Crippen molar-refractivity contribution < 1.29 is 13.9 Å². The highest BCUT2D eigenvalue weighted by atomic mass is 28.3.